The molecule has 0 aromatic rings. The Labute approximate surface area is 121 Å². The number of hydrogen-bond acceptors (Lipinski definition) is 4. The lowest BCUT2D eigenvalue weighted by Crippen LogP contribution is -2.36. The van der Waals surface area contributed by atoms with Crippen LogP contribution in [-0.4, -0.2) is 38.6 Å². The van der Waals surface area contributed by atoms with Crippen LogP contribution in [0.5, 0.6) is 0 Å². The summed E-state index contributed by atoms with van der Waals surface area (Å²) in [6.45, 7) is 8.07. The Morgan fingerprint density at radius 2 is 2.30 bits per heavy atom. The molecule has 3 unspecified atom stereocenters. The van der Waals surface area contributed by atoms with Gasteiger partial charge in [-0.2, -0.15) is 0 Å². The summed E-state index contributed by atoms with van der Waals surface area (Å²) in [5, 5.41) is 0. The Hall–Kier alpha value is -1.53. The van der Waals surface area contributed by atoms with Crippen molar-refractivity contribution in [2.45, 2.75) is 44.9 Å². The van der Waals surface area contributed by atoms with Crippen LogP contribution in [-0.2, 0) is 14.2 Å². The molecule has 20 heavy (non-hydrogen) atoms. The fourth-order valence-corrected chi connectivity index (χ4v) is 2.24. The quantitative estimate of drug-likeness (QED) is 0.389. The maximum absolute atomic E-state index is 5.62. The number of ether oxygens (including phenoxy) is 3. The summed E-state index contributed by atoms with van der Waals surface area (Å²) in [7, 11) is 1.59. The van der Waals surface area contributed by atoms with Crippen LogP contribution in [0.25, 0.3) is 0 Å². The second-order valence-electron chi connectivity index (χ2n) is 4.86. The first-order valence-corrected chi connectivity index (χ1v) is 6.76. The molecule has 0 amide bonds. The molecule has 0 aliphatic carbocycles. The highest BCUT2D eigenvalue weighted by molar-refractivity contribution is 5.52. The number of nitrogens with zero attached hydrogens (tertiary/aromatic N) is 1. The predicted octanol–water partition coefficient (Wildman–Crippen LogP) is 2.55. The average Bonchev–Trinajstić information content (AvgIpc) is 2.92. The summed E-state index contributed by atoms with van der Waals surface area (Å²) in [4.78, 5) is 4.34. The van der Waals surface area contributed by atoms with Crippen molar-refractivity contribution in [1.82, 2.24) is 0 Å². The van der Waals surface area contributed by atoms with Crippen molar-refractivity contribution >= 4 is 6.40 Å². The van der Waals surface area contributed by atoms with E-state index < -0.39 is 0 Å². The lowest BCUT2D eigenvalue weighted by molar-refractivity contribution is -0.0780. The normalized spacial score (nSPS) is 23.5. The van der Waals surface area contributed by atoms with Crippen molar-refractivity contribution in [2.75, 3.05) is 13.9 Å². The van der Waals surface area contributed by atoms with E-state index in [4.69, 9.17) is 20.6 Å². The molecular formula is C16H23NO3. The summed E-state index contributed by atoms with van der Waals surface area (Å²) in [5.41, 5.74) is 4.00. The van der Waals surface area contributed by atoms with E-state index in [1.54, 1.807) is 7.11 Å². The molecule has 0 bridgehead atoms. The van der Waals surface area contributed by atoms with E-state index in [1.807, 2.05) is 6.92 Å². The summed E-state index contributed by atoms with van der Waals surface area (Å²) < 4.78 is 16.1. The fourth-order valence-electron chi connectivity index (χ4n) is 2.24. The number of terminal acetylenes is 1. The number of aliphatic imine (C=N–C) groups is 1. The van der Waals surface area contributed by atoms with Crippen molar-refractivity contribution in [2.24, 2.45) is 10.9 Å². The number of rotatable bonds is 8. The summed E-state index contributed by atoms with van der Waals surface area (Å²) in [6, 6.07) is -0.109. The molecular weight excluding hydrogens is 254 g/mol. The van der Waals surface area contributed by atoms with Crippen LogP contribution in [0, 0.1) is 18.3 Å². The highest BCUT2D eigenvalue weighted by Crippen LogP contribution is 2.28. The molecule has 4 nitrogen and oxygen atoms in total. The smallest absolute Gasteiger partial charge is 0.171 e. The van der Waals surface area contributed by atoms with Gasteiger partial charge in [0.1, 0.15) is 12.8 Å². The van der Waals surface area contributed by atoms with Crippen LogP contribution in [0.2, 0.25) is 0 Å². The van der Waals surface area contributed by atoms with Gasteiger partial charge in [-0.3, -0.25) is 0 Å². The molecule has 0 aromatic heterocycles. The van der Waals surface area contributed by atoms with Gasteiger partial charge in [-0.15, -0.1) is 18.1 Å². The largest absolute Gasteiger partial charge is 0.473 e. The number of hydrogen-bond donors (Lipinski definition) is 0. The maximum atomic E-state index is 5.62. The first-order chi connectivity index (χ1) is 9.65. The Balaban J connectivity index is 2.72. The van der Waals surface area contributed by atoms with Gasteiger partial charge in [0.05, 0.1) is 6.10 Å². The van der Waals surface area contributed by atoms with Gasteiger partial charge >= 0.3 is 0 Å². The zero-order valence-electron chi connectivity index (χ0n) is 12.5. The Bertz CT molecular complexity index is 418. The van der Waals surface area contributed by atoms with Crippen LogP contribution < -0.4 is 0 Å². The van der Waals surface area contributed by atoms with E-state index in [0.717, 1.165) is 18.4 Å². The third-order valence-electron chi connectivity index (χ3n) is 3.44. The lowest BCUT2D eigenvalue weighted by atomic mass is 9.88. The van der Waals surface area contributed by atoms with E-state index in [1.165, 1.54) is 6.40 Å². The minimum atomic E-state index is -0.188. The van der Waals surface area contributed by atoms with Gasteiger partial charge in [0.15, 0.2) is 12.5 Å². The average molecular weight is 277 g/mol. The molecule has 0 N–H and O–H groups in total. The predicted molar refractivity (Wildman–Crippen MR) is 79.5 cm³/mol. The molecule has 0 aromatic carbocycles. The summed E-state index contributed by atoms with van der Waals surface area (Å²) >= 11 is 0. The molecule has 0 fully saturated rings. The van der Waals surface area contributed by atoms with Gasteiger partial charge < -0.3 is 14.2 Å². The van der Waals surface area contributed by atoms with Crippen LogP contribution in [0.1, 0.15) is 26.7 Å². The van der Waals surface area contributed by atoms with Crippen molar-refractivity contribution in [3.8, 4) is 12.3 Å². The molecule has 1 rings (SSSR count). The fraction of sp³-hybridized carbons (Fsp3) is 0.625. The van der Waals surface area contributed by atoms with E-state index in [2.05, 4.69) is 30.1 Å². The molecule has 0 saturated carbocycles. The van der Waals surface area contributed by atoms with Gasteiger partial charge in [-0.25, -0.2) is 4.99 Å². The molecule has 1 aliphatic heterocycles. The maximum Gasteiger partial charge on any atom is 0.171 e. The molecule has 110 valence electrons. The first-order valence-electron chi connectivity index (χ1n) is 6.76. The van der Waals surface area contributed by atoms with Crippen LogP contribution in [0.4, 0.5) is 0 Å². The monoisotopic (exact) mass is 277 g/mol. The van der Waals surface area contributed by atoms with Gasteiger partial charge in [-0.05, 0) is 19.3 Å². The van der Waals surface area contributed by atoms with E-state index >= 15 is 0 Å². The second kappa shape index (κ2) is 8.60. The Morgan fingerprint density at radius 1 is 1.55 bits per heavy atom. The Morgan fingerprint density at radius 3 is 2.90 bits per heavy atom. The van der Waals surface area contributed by atoms with E-state index in [0.29, 0.717) is 0 Å². The summed E-state index contributed by atoms with van der Waals surface area (Å²) in [6.07, 6.45) is 8.11. The zero-order chi connectivity index (χ0) is 15.0. The summed E-state index contributed by atoms with van der Waals surface area (Å²) in [5.74, 6) is 2.91. The minimum absolute atomic E-state index is 0.109. The highest BCUT2D eigenvalue weighted by Gasteiger charge is 2.36. The third-order valence-corrected chi connectivity index (χ3v) is 3.44. The van der Waals surface area contributed by atoms with Gasteiger partial charge in [-0.1, -0.05) is 13.5 Å². The van der Waals surface area contributed by atoms with E-state index in [-0.39, 0.29) is 31.0 Å². The first kappa shape index (κ1) is 16.5. The molecule has 0 radical (unpaired) electrons. The topological polar surface area (TPSA) is 40.0 Å². The highest BCUT2D eigenvalue weighted by atomic mass is 16.7. The van der Waals surface area contributed by atoms with Crippen molar-refractivity contribution in [3.63, 3.8) is 0 Å². The lowest BCUT2D eigenvalue weighted by Gasteiger charge is -2.26. The molecule has 4 atom stereocenters. The van der Waals surface area contributed by atoms with Gasteiger partial charge in [0, 0.05) is 19.1 Å². The second-order valence-corrected chi connectivity index (χ2v) is 4.86. The van der Waals surface area contributed by atoms with Crippen molar-refractivity contribution < 1.29 is 14.2 Å². The van der Waals surface area contributed by atoms with Crippen LogP contribution in [0.3, 0.4) is 0 Å². The third kappa shape index (κ3) is 4.25. The number of methoxy groups -OCH3 is 1. The van der Waals surface area contributed by atoms with Crippen LogP contribution >= 0.6 is 0 Å². The molecule has 0 spiro atoms. The molecule has 1 aliphatic rings. The molecule has 4 heteroatoms. The van der Waals surface area contributed by atoms with Crippen molar-refractivity contribution in [3.05, 3.63) is 17.9 Å². The standard InChI is InChI=1S/C16H23NO3/c1-6-8-9-12(3)14(7-2)16-15(17-10-19-16)13(4)20-11-18-5/h1,10,12-13,15-16H,2,8-9,11H2,3-5H3/t12-,13?,15?,16?/m0/s1. The minimum Gasteiger partial charge on any atom is -0.473 e. The van der Waals surface area contributed by atoms with E-state index in [9.17, 15) is 0 Å². The van der Waals surface area contributed by atoms with Gasteiger partial charge in [0.25, 0.3) is 0 Å². The van der Waals surface area contributed by atoms with Crippen LogP contribution in [0.15, 0.2) is 22.9 Å². The zero-order valence-corrected chi connectivity index (χ0v) is 12.5. The SMILES string of the molecule is C#CCC[C@H](C)C(=C=C)C1OC=NC1C(C)OCOC. The molecule has 1 heterocycles. The van der Waals surface area contributed by atoms with Gasteiger partial charge in [0.2, 0.25) is 0 Å². The Kier molecular flexibility index (Phi) is 7.11. The molecule has 0 saturated heterocycles. The van der Waals surface area contributed by atoms with Crippen molar-refractivity contribution in [1.29, 1.82) is 0 Å².